The summed E-state index contributed by atoms with van der Waals surface area (Å²) in [5.74, 6) is 0.897. The third kappa shape index (κ3) is 3.39. The molecule has 25 heavy (non-hydrogen) atoms. The maximum atomic E-state index is 12.1. The van der Waals surface area contributed by atoms with Crippen LogP contribution in [0, 0.1) is 0 Å². The minimum atomic E-state index is 0.182. The third-order valence-electron chi connectivity index (χ3n) is 5.25. The van der Waals surface area contributed by atoms with Gasteiger partial charge in [-0.05, 0) is 12.8 Å². The van der Waals surface area contributed by atoms with Crippen molar-refractivity contribution in [3.63, 3.8) is 0 Å². The molecule has 2 fully saturated rings. The van der Waals surface area contributed by atoms with Crippen molar-refractivity contribution in [3.05, 3.63) is 42.2 Å². The molecule has 3 heterocycles. The summed E-state index contributed by atoms with van der Waals surface area (Å²) < 4.78 is 5.52. The van der Waals surface area contributed by atoms with Crippen LogP contribution in [0.15, 0.2) is 40.9 Å². The van der Waals surface area contributed by atoms with Gasteiger partial charge in [0.25, 0.3) is 0 Å². The fourth-order valence-electron chi connectivity index (χ4n) is 3.75. The van der Waals surface area contributed by atoms with E-state index in [1.54, 1.807) is 0 Å². The SMILES string of the molecule is CN1CCN(C2CCN(Cc3cc(-c4ccccc4)no3)CC2)C1=O. The number of amides is 2. The first kappa shape index (κ1) is 16.1. The second-order valence-electron chi connectivity index (χ2n) is 6.95. The molecule has 0 bridgehead atoms. The van der Waals surface area contributed by atoms with E-state index >= 15 is 0 Å². The number of urea groups is 1. The highest BCUT2D eigenvalue weighted by Gasteiger charge is 2.33. The Kier molecular flexibility index (Phi) is 4.44. The van der Waals surface area contributed by atoms with Crippen molar-refractivity contribution in [2.24, 2.45) is 0 Å². The Morgan fingerprint density at radius 2 is 1.88 bits per heavy atom. The largest absolute Gasteiger partial charge is 0.359 e. The lowest BCUT2D eigenvalue weighted by Crippen LogP contribution is -2.46. The molecule has 2 saturated heterocycles. The Labute approximate surface area is 148 Å². The summed E-state index contributed by atoms with van der Waals surface area (Å²) in [5, 5.41) is 4.19. The summed E-state index contributed by atoms with van der Waals surface area (Å²) in [4.78, 5) is 18.4. The number of rotatable bonds is 4. The molecule has 0 saturated carbocycles. The zero-order valence-electron chi connectivity index (χ0n) is 14.6. The topological polar surface area (TPSA) is 52.8 Å². The number of carbonyl (C=O) groups excluding carboxylic acids is 1. The van der Waals surface area contributed by atoms with Crippen molar-refractivity contribution in [2.75, 3.05) is 33.2 Å². The summed E-state index contributed by atoms with van der Waals surface area (Å²) in [7, 11) is 1.88. The number of hydrogen-bond donors (Lipinski definition) is 0. The second kappa shape index (κ2) is 6.88. The van der Waals surface area contributed by atoms with Crippen LogP contribution in [0.1, 0.15) is 18.6 Å². The highest BCUT2D eigenvalue weighted by molar-refractivity contribution is 5.76. The number of likely N-dealkylation sites (N-methyl/N-ethyl adjacent to an activating group) is 1. The lowest BCUT2D eigenvalue weighted by molar-refractivity contribution is 0.121. The predicted octanol–water partition coefficient (Wildman–Crippen LogP) is 2.67. The van der Waals surface area contributed by atoms with Crippen LogP contribution >= 0.6 is 0 Å². The van der Waals surface area contributed by atoms with Crippen LogP contribution in [0.3, 0.4) is 0 Å². The lowest BCUT2D eigenvalue weighted by Gasteiger charge is -2.35. The molecule has 2 amide bonds. The Balaban J connectivity index is 1.32. The van der Waals surface area contributed by atoms with Crippen LogP contribution in [0.5, 0.6) is 0 Å². The smallest absolute Gasteiger partial charge is 0.320 e. The average Bonchev–Trinajstić information content (AvgIpc) is 3.24. The van der Waals surface area contributed by atoms with E-state index in [-0.39, 0.29) is 6.03 Å². The third-order valence-corrected chi connectivity index (χ3v) is 5.25. The number of likely N-dealkylation sites (tertiary alicyclic amines) is 1. The normalized spacial score (nSPS) is 19.8. The first-order valence-corrected chi connectivity index (χ1v) is 8.96. The van der Waals surface area contributed by atoms with Crippen LogP contribution in [-0.4, -0.2) is 65.2 Å². The molecule has 0 aliphatic carbocycles. The van der Waals surface area contributed by atoms with Crippen LogP contribution in [0.2, 0.25) is 0 Å². The van der Waals surface area contributed by atoms with E-state index in [0.717, 1.165) is 62.6 Å². The molecule has 6 nitrogen and oxygen atoms in total. The van der Waals surface area contributed by atoms with E-state index in [2.05, 4.69) is 10.1 Å². The minimum Gasteiger partial charge on any atom is -0.359 e. The van der Waals surface area contributed by atoms with Crippen molar-refractivity contribution in [1.82, 2.24) is 19.9 Å². The molecule has 1 aromatic carbocycles. The van der Waals surface area contributed by atoms with Crippen LogP contribution < -0.4 is 0 Å². The molecule has 0 unspecified atom stereocenters. The van der Waals surface area contributed by atoms with Crippen molar-refractivity contribution in [1.29, 1.82) is 0 Å². The molecule has 2 aliphatic rings. The zero-order chi connectivity index (χ0) is 17.2. The zero-order valence-corrected chi connectivity index (χ0v) is 14.6. The monoisotopic (exact) mass is 340 g/mol. The van der Waals surface area contributed by atoms with E-state index in [1.165, 1.54) is 0 Å². The van der Waals surface area contributed by atoms with Crippen molar-refractivity contribution >= 4 is 6.03 Å². The van der Waals surface area contributed by atoms with Crippen molar-refractivity contribution < 1.29 is 9.32 Å². The Morgan fingerprint density at radius 1 is 1.12 bits per heavy atom. The van der Waals surface area contributed by atoms with Gasteiger partial charge in [-0.25, -0.2) is 4.79 Å². The van der Waals surface area contributed by atoms with Gasteiger partial charge < -0.3 is 14.3 Å². The Morgan fingerprint density at radius 3 is 2.56 bits per heavy atom. The molecular formula is C19H24N4O2. The van der Waals surface area contributed by atoms with Gasteiger partial charge in [0.2, 0.25) is 0 Å². The van der Waals surface area contributed by atoms with E-state index < -0.39 is 0 Å². The highest BCUT2D eigenvalue weighted by Crippen LogP contribution is 2.23. The molecule has 2 aromatic rings. The second-order valence-corrected chi connectivity index (χ2v) is 6.95. The lowest BCUT2D eigenvalue weighted by atomic mass is 10.0. The minimum absolute atomic E-state index is 0.182. The van der Waals surface area contributed by atoms with Gasteiger partial charge in [-0.15, -0.1) is 0 Å². The molecule has 0 atom stereocenters. The summed E-state index contributed by atoms with van der Waals surface area (Å²) in [6.45, 7) is 4.46. The first-order valence-electron chi connectivity index (χ1n) is 8.96. The number of piperidine rings is 1. The average molecular weight is 340 g/mol. The quantitative estimate of drug-likeness (QED) is 0.859. The fourth-order valence-corrected chi connectivity index (χ4v) is 3.75. The van der Waals surface area contributed by atoms with Crippen LogP contribution in [0.25, 0.3) is 11.3 Å². The van der Waals surface area contributed by atoms with E-state index in [4.69, 9.17) is 4.52 Å². The Hall–Kier alpha value is -2.34. The van der Waals surface area contributed by atoms with Crippen LogP contribution in [-0.2, 0) is 6.54 Å². The number of benzene rings is 1. The highest BCUT2D eigenvalue weighted by atomic mass is 16.5. The number of hydrogen-bond acceptors (Lipinski definition) is 4. The molecule has 0 N–H and O–H groups in total. The number of carbonyl (C=O) groups is 1. The molecule has 132 valence electrons. The van der Waals surface area contributed by atoms with Gasteiger partial charge in [0.1, 0.15) is 5.69 Å². The fraction of sp³-hybridized carbons (Fsp3) is 0.474. The molecule has 0 spiro atoms. The maximum absolute atomic E-state index is 12.1. The summed E-state index contributed by atoms with van der Waals surface area (Å²) in [6.07, 6.45) is 2.05. The molecule has 1 aromatic heterocycles. The van der Waals surface area contributed by atoms with Gasteiger partial charge in [-0.3, -0.25) is 4.90 Å². The van der Waals surface area contributed by atoms with E-state index in [0.29, 0.717) is 6.04 Å². The van der Waals surface area contributed by atoms with Crippen LogP contribution in [0.4, 0.5) is 4.79 Å². The Bertz CT molecular complexity index is 722. The first-order chi connectivity index (χ1) is 12.2. The molecule has 2 aliphatic heterocycles. The van der Waals surface area contributed by atoms with Crippen molar-refractivity contribution in [3.8, 4) is 11.3 Å². The van der Waals surface area contributed by atoms with E-state index in [1.807, 2.05) is 53.2 Å². The summed E-state index contributed by atoms with van der Waals surface area (Å²) >= 11 is 0. The van der Waals surface area contributed by atoms with Gasteiger partial charge in [0.15, 0.2) is 5.76 Å². The van der Waals surface area contributed by atoms with Crippen molar-refractivity contribution in [2.45, 2.75) is 25.4 Å². The van der Waals surface area contributed by atoms with Gasteiger partial charge in [-0.1, -0.05) is 35.5 Å². The molecular weight excluding hydrogens is 316 g/mol. The van der Waals surface area contributed by atoms with Gasteiger partial charge in [0.05, 0.1) is 6.54 Å². The summed E-state index contributed by atoms with van der Waals surface area (Å²) in [5.41, 5.74) is 1.96. The maximum Gasteiger partial charge on any atom is 0.320 e. The molecule has 6 heteroatoms. The van der Waals surface area contributed by atoms with E-state index in [9.17, 15) is 4.79 Å². The predicted molar refractivity (Wildman–Crippen MR) is 95.0 cm³/mol. The van der Waals surface area contributed by atoms with Gasteiger partial charge in [-0.2, -0.15) is 0 Å². The standard InChI is InChI=1S/C19H24N4O2/c1-21-11-12-23(19(21)24)16-7-9-22(10-8-16)14-17-13-18(20-25-17)15-5-3-2-4-6-15/h2-6,13,16H,7-12,14H2,1H3. The molecule has 0 radical (unpaired) electrons. The van der Waals surface area contributed by atoms with Gasteiger partial charge >= 0.3 is 6.03 Å². The van der Waals surface area contributed by atoms with Gasteiger partial charge in [0, 0.05) is 50.9 Å². The molecule has 4 rings (SSSR count). The number of aromatic nitrogens is 1. The number of nitrogens with zero attached hydrogens (tertiary/aromatic N) is 4. The summed E-state index contributed by atoms with van der Waals surface area (Å²) in [6, 6.07) is 12.7.